The van der Waals surface area contributed by atoms with Crippen molar-refractivity contribution in [1.82, 2.24) is 5.32 Å². The molecule has 1 aliphatic carbocycles. The van der Waals surface area contributed by atoms with Gasteiger partial charge >= 0.3 is 12.2 Å². The first kappa shape index (κ1) is 16.3. The molecular weight excluding hydrogens is 290 g/mol. The van der Waals surface area contributed by atoms with E-state index in [2.05, 4.69) is 10.1 Å². The molecular formula is C14H19N3O5. The molecule has 2 aliphatic rings. The smallest absolute Gasteiger partial charge is 0.326 e. The molecule has 1 saturated carbocycles. The Morgan fingerprint density at radius 2 is 2.18 bits per heavy atom. The van der Waals surface area contributed by atoms with Gasteiger partial charge in [-0.15, -0.1) is 0 Å². The van der Waals surface area contributed by atoms with Crippen LogP contribution < -0.4 is 5.32 Å². The summed E-state index contributed by atoms with van der Waals surface area (Å²) in [5, 5.41) is 11.6. The third kappa shape index (κ3) is 3.78. The largest absolute Gasteiger partial charge is 0.480 e. The third-order valence-electron chi connectivity index (χ3n) is 4.35. The highest BCUT2D eigenvalue weighted by molar-refractivity contribution is 6.25. The predicted octanol–water partition coefficient (Wildman–Crippen LogP) is 0.0208. The van der Waals surface area contributed by atoms with Gasteiger partial charge in [-0.05, 0) is 31.1 Å². The van der Waals surface area contributed by atoms with Crippen molar-refractivity contribution < 1.29 is 29.0 Å². The highest BCUT2D eigenvalue weighted by Crippen LogP contribution is 2.40. The van der Waals surface area contributed by atoms with Crippen molar-refractivity contribution in [3.8, 4) is 0 Å². The number of ketones is 1. The molecule has 0 aromatic carbocycles. The standard InChI is InChI=1S/C14H19N3O5/c15-16-6-9(18)4-5-11(14(20)21)17-13(19)12-10-3-1-2-8(10)7-22-12/h6,8,10-12H,1-5,7H2,(H,17,19)(H,20,21). The number of hydrogen-bond acceptors (Lipinski definition) is 4. The van der Waals surface area contributed by atoms with Gasteiger partial charge < -0.3 is 20.7 Å². The molecule has 2 N–H and O–H groups in total. The lowest BCUT2D eigenvalue weighted by Crippen LogP contribution is -2.47. The number of carbonyl (C=O) groups is 3. The van der Waals surface area contributed by atoms with Gasteiger partial charge in [-0.1, -0.05) is 6.42 Å². The van der Waals surface area contributed by atoms with Crippen molar-refractivity contribution in [3.63, 3.8) is 0 Å². The number of rotatable bonds is 7. The van der Waals surface area contributed by atoms with Crippen LogP contribution in [0.2, 0.25) is 0 Å². The van der Waals surface area contributed by atoms with Gasteiger partial charge in [0.25, 0.3) is 0 Å². The van der Waals surface area contributed by atoms with E-state index in [1.165, 1.54) is 0 Å². The Morgan fingerprint density at radius 3 is 2.86 bits per heavy atom. The van der Waals surface area contributed by atoms with Crippen LogP contribution in [0, 0.1) is 11.8 Å². The van der Waals surface area contributed by atoms with Crippen LogP contribution in [0.1, 0.15) is 32.1 Å². The molecule has 8 nitrogen and oxygen atoms in total. The van der Waals surface area contributed by atoms with E-state index in [4.69, 9.17) is 15.4 Å². The summed E-state index contributed by atoms with van der Waals surface area (Å²) in [6.45, 7) is 0.548. The predicted molar refractivity (Wildman–Crippen MR) is 74.1 cm³/mol. The quantitative estimate of drug-likeness (QED) is 0.389. The third-order valence-corrected chi connectivity index (χ3v) is 4.35. The van der Waals surface area contributed by atoms with Gasteiger partial charge in [0.1, 0.15) is 12.1 Å². The van der Waals surface area contributed by atoms with Crippen LogP contribution in [0.5, 0.6) is 0 Å². The van der Waals surface area contributed by atoms with Crippen LogP contribution in [-0.4, -0.2) is 52.5 Å². The van der Waals surface area contributed by atoms with Gasteiger partial charge in [-0.3, -0.25) is 9.59 Å². The van der Waals surface area contributed by atoms with Crippen LogP contribution in [-0.2, 0) is 19.1 Å². The molecule has 0 spiro atoms. The van der Waals surface area contributed by atoms with E-state index < -0.39 is 29.8 Å². The number of hydrogen-bond donors (Lipinski definition) is 2. The van der Waals surface area contributed by atoms with Crippen LogP contribution in [0.25, 0.3) is 5.53 Å². The van der Waals surface area contributed by atoms with Crippen molar-refractivity contribution in [2.75, 3.05) is 6.61 Å². The van der Waals surface area contributed by atoms with Gasteiger partial charge in [0.05, 0.1) is 6.61 Å². The number of amides is 1. The molecule has 1 saturated heterocycles. The Hall–Kier alpha value is -2.05. The zero-order chi connectivity index (χ0) is 16.1. The van der Waals surface area contributed by atoms with E-state index in [0.29, 0.717) is 18.7 Å². The Morgan fingerprint density at radius 1 is 1.41 bits per heavy atom. The van der Waals surface area contributed by atoms with E-state index in [1.54, 1.807) is 0 Å². The van der Waals surface area contributed by atoms with Crippen molar-refractivity contribution in [2.24, 2.45) is 11.8 Å². The molecule has 4 atom stereocenters. The second-order valence-corrected chi connectivity index (χ2v) is 5.76. The first-order valence-corrected chi connectivity index (χ1v) is 7.38. The van der Waals surface area contributed by atoms with Gasteiger partial charge in [0.2, 0.25) is 11.7 Å². The van der Waals surface area contributed by atoms with Gasteiger partial charge in [-0.2, -0.15) is 4.79 Å². The number of carbonyl (C=O) groups excluding carboxylic acids is 2. The molecule has 120 valence electrons. The van der Waals surface area contributed by atoms with Crippen molar-refractivity contribution in [2.45, 2.75) is 44.2 Å². The molecule has 0 bridgehead atoms. The van der Waals surface area contributed by atoms with E-state index >= 15 is 0 Å². The first-order valence-electron chi connectivity index (χ1n) is 7.38. The van der Waals surface area contributed by atoms with Crippen LogP contribution in [0.3, 0.4) is 0 Å². The van der Waals surface area contributed by atoms with Gasteiger partial charge in [-0.25, -0.2) is 4.79 Å². The normalized spacial score (nSPS) is 27.5. The fraction of sp³-hybridized carbons (Fsp3) is 0.714. The Labute approximate surface area is 127 Å². The van der Waals surface area contributed by atoms with E-state index in [-0.39, 0.29) is 18.8 Å². The summed E-state index contributed by atoms with van der Waals surface area (Å²) in [5.74, 6) is -1.58. The maximum Gasteiger partial charge on any atom is 0.326 e. The monoisotopic (exact) mass is 309 g/mol. The zero-order valence-corrected chi connectivity index (χ0v) is 12.1. The maximum atomic E-state index is 12.2. The summed E-state index contributed by atoms with van der Waals surface area (Å²) in [5.41, 5.74) is 8.23. The molecule has 2 fully saturated rings. The number of nitrogens with one attached hydrogen (secondary N) is 1. The van der Waals surface area contributed by atoms with Crippen molar-refractivity contribution >= 4 is 23.9 Å². The van der Waals surface area contributed by atoms with Gasteiger partial charge in [0, 0.05) is 6.42 Å². The van der Waals surface area contributed by atoms with Crippen LogP contribution in [0.4, 0.5) is 0 Å². The maximum absolute atomic E-state index is 12.2. The minimum atomic E-state index is -1.21. The molecule has 2 rings (SSSR count). The molecule has 0 aromatic rings. The molecule has 0 aromatic heterocycles. The number of fused-ring (bicyclic) bond motifs is 1. The topological polar surface area (TPSA) is 129 Å². The van der Waals surface area contributed by atoms with Crippen LogP contribution in [0.15, 0.2) is 0 Å². The highest BCUT2D eigenvalue weighted by atomic mass is 16.5. The summed E-state index contributed by atoms with van der Waals surface area (Å²) < 4.78 is 5.50. The van der Waals surface area contributed by atoms with E-state index in [9.17, 15) is 14.4 Å². The molecule has 4 unspecified atom stereocenters. The summed E-state index contributed by atoms with van der Waals surface area (Å²) in [4.78, 5) is 37.2. The van der Waals surface area contributed by atoms with Crippen molar-refractivity contribution in [1.29, 1.82) is 0 Å². The lowest BCUT2D eigenvalue weighted by atomic mass is 9.93. The second kappa shape index (κ2) is 7.29. The molecule has 1 aliphatic heterocycles. The number of carboxylic acid groups (broad SMARTS) is 1. The highest BCUT2D eigenvalue weighted by Gasteiger charge is 2.44. The number of aliphatic carboxylic acids is 1. The summed E-state index contributed by atoms with van der Waals surface area (Å²) in [6, 6.07) is -1.16. The fourth-order valence-electron chi connectivity index (χ4n) is 3.22. The number of Topliss-reactive ketones (excluding diaryl/α,β-unsaturated/α-hetero) is 1. The number of nitrogens with zero attached hydrogens (tertiary/aromatic N) is 2. The van der Waals surface area contributed by atoms with E-state index in [0.717, 1.165) is 19.3 Å². The lowest BCUT2D eigenvalue weighted by molar-refractivity contribution is -0.144. The fourth-order valence-corrected chi connectivity index (χ4v) is 3.22. The molecule has 1 amide bonds. The molecule has 1 heterocycles. The minimum Gasteiger partial charge on any atom is -0.480 e. The SMILES string of the molecule is [N-]=[N+]=CC(=O)CCC(NC(=O)C1OCC2CCCC21)C(=O)O. The second-order valence-electron chi connectivity index (χ2n) is 5.76. The van der Waals surface area contributed by atoms with Gasteiger partial charge in [0.15, 0.2) is 0 Å². The molecule has 22 heavy (non-hydrogen) atoms. The number of carboxylic acids is 1. The minimum absolute atomic E-state index is 0.0628. The summed E-state index contributed by atoms with van der Waals surface area (Å²) >= 11 is 0. The summed E-state index contributed by atoms with van der Waals surface area (Å²) in [7, 11) is 0. The van der Waals surface area contributed by atoms with E-state index in [1.807, 2.05) is 0 Å². The Balaban J connectivity index is 1.90. The Bertz CT molecular complexity index is 515. The average Bonchev–Trinajstić information content (AvgIpc) is 3.05. The molecule has 8 heteroatoms. The van der Waals surface area contributed by atoms with Crippen molar-refractivity contribution in [3.05, 3.63) is 5.53 Å². The Kier molecular flexibility index (Phi) is 5.41. The van der Waals surface area contributed by atoms with Crippen LogP contribution >= 0.6 is 0 Å². The first-order chi connectivity index (χ1) is 10.5. The number of ether oxygens (including phenoxy) is 1. The lowest BCUT2D eigenvalue weighted by Gasteiger charge is -2.20. The zero-order valence-electron chi connectivity index (χ0n) is 12.1. The average molecular weight is 309 g/mol. The summed E-state index contributed by atoms with van der Waals surface area (Å²) in [6.07, 6.45) is 2.97. The molecule has 0 radical (unpaired) electrons.